The number of nitrogens with two attached hydrogens (primary N) is 1. The summed E-state index contributed by atoms with van der Waals surface area (Å²) < 4.78 is 27.4. The van der Waals surface area contributed by atoms with Crippen molar-refractivity contribution in [2.75, 3.05) is 13.2 Å². The number of nitrogens with one attached hydrogen (secondary N) is 1. The lowest BCUT2D eigenvalue weighted by Gasteiger charge is -2.07. The number of amides is 1. The highest BCUT2D eigenvalue weighted by Crippen LogP contribution is 2.08. The quantitative estimate of drug-likeness (QED) is 0.377. The maximum absolute atomic E-state index is 11.7. The molecule has 0 atom stereocenters. The van der Waals surface area contributed by atoms with Gasteiger partial charge in [-0.05, 0) is 30.2 Å². The van der Waals surface area contributed by atoms with Crippen molar-refractivity contribution < 1.29 is 27.5 Å². The molecule has 0 aliphatic rings. The second-order valence-electron chi connectivity index (χ2n) is 5.28. The molecular formula is C16H17N3O6S. The molecule has 0 radical (unpaired) electrons. The van der Waals surface area contributed by atoms with Gasteiger partial charge in [-0.3, -0.25) is 4.79 Å². The standard InChI is InChI=1S/C16H17N3O6S/c17-26(23,24)13-6-4-12(5-7-13)8-9-18-15(20)11-25-16(21)14-3-1-2-10-19(14)22/h1-7,10H,8-9,11H2,(H,18,20)(H2,17,23,24). The van der Waals surface area contributed by atoms with E-state index in [4.69, 9.17) is 9.88 Å². The van der Waals surface area contributed by atoms with Crippen LogP contribution in [0.5, 0.6) is 0 Å². The molecule has 0 aliphatic carbocycles. The first kappa shape index (κ1) is 19.3. The highest BCUT2D eigenvalue weighted by atomic mass is 32.2. The van der Waals surface area contributed by atoms with Crippen LogP contribution in [-0.4, -0.2) is 33.4 Å². The number of hydrogen-bond donors (Lipinski definition) is 2. The fourth-order valence-electron chi connectivity index (χ4n) is 2.03. The summed E-state index contributed by atoms with van der Waals surface area (Å²) in [5, 5.41) is 19.0. The molecule has 3 N–H and O–H groups in total. The van der Waals surface area contributed by atoms with E-state index in [1.54, 1.807) is 12.1 Å². The van der Waals surface area contributed by atoms with Gasteiger partial charge in [-0.2, -0.15) is 4.73 Å². The van der Waals surface area contributed by atoms with Crippen molar-refractivity contribution in [2.45, 2.75) is 11.3 Å². The van der Waals surface area contributed by atoms with E-state index in [0.29, 0.717) is 11.2 Å². The van der Waals surface area contributed by atoms with Crippen LogP contribution in [0.1, 0.15) is 16.1 Å². The minimum atomic E-state index is -3.74. The van der Waals surface area contributed by atoms with Crippen LogP contribution >= 0.6 is 0 Å². The minimum Gasteiger partial charge on any atom is -0.618 e. The molecule has 1 heterocycles. The molecule has 0 spiro atoms. The molecule has 0 fully saturated rings. The zero-order chi connectivity index (χ0) is 19.2. The predicted octanol–water partition coefficient (Wildman–Crippen LogP) is -0.517. The molecule has 2 rings (SSSR count). The Labute approximate surface area is 150 Å². The van der Waals surface area contributed by atoms with Crippen LogP contribution in [0, 0.1) is 5.21 Å². The Balaban J connectivity index is 1.75. The molecule has 9 nitrogen and oxygen atoms in total. The zero-order valence-corrected chi connectivity index (χ0v) is 14.4. The molecule has 1 aromatic heterocycles. The van der Waals surface area contributed by atoms with Gasteiger partial charge in [0.2, 0.25) is 10.0 Å². The van der Waals surface area contributed by atoms with Crippen molar-refractivity contribution in [3.63, 3.8) is 0 Å². The molecule has 1 aromatic carbocycles. The van der Waals surface area contributed by atoms with Crippen LogP contribution in [0.4, 0.5) is 0 Å². The van der Waals surface area contributed by atoms with Crippen molar-refractivity contribution in [1.82, 2.24) is 5.32 Å². The second-order valence-corrected chi connectivity index (χ2v) is 6.84. The van der Waals surface area contributed by atoms with Gasteiger partial charge in [0.25, 0.3) is 5.91 Å². The van der Waals surface area contributed by atoms with Crippen LogP contribution in [0.25, 0.3) is 0 Å². The van der Waals surface area contributed by atoms with E-state index in [1.807, 2.05) is 0 Å². The van der Waals surface area contributed by atoms with Crippen molar-refractivity contribution in [2.24, 2.45) is 5.14 Å². The van der Waals surface area contributed by atoms with E-state index in [2.05, 4.69) is 5.32 Å². The van der Waals surface area contributed by atoms with Crippen LogP contribution in [0.15, 0.2) is 53.6 Å². The number of hydrogen-bond acceptors (Lipinski definition) is 6. The number of esters is 1. The number of nitrogens with zero attached hydrogens (tertiary/aromatic N) is 1. The number of rotatable bonds is 7. The van der Waals surface area contributed by atoms with Crippen molar-refractivity contribution in [3.05, 3.63) is 65.1 Å². The Kier molecular flexibility index (Phi) is 6.26. The number of primary sulfonamides is 1. The molecule has 2 aromatic rings. The van der Waals surface area contributed by atoms with Crippen molar-refractivity contribution in [3.8, 4) is 0 Å². The largest absolute Gasteiger partial charge is 0.618 e. The summed E-state index contributed by atoms with van der Waals surface area (Å²) in [5.74, 6) is -1.41. The van der Waals surface area contributed by atoms with Crippen LogP contribution in [-0.2, 0) is 26.0 Å². The van der Waals surface area contributed by atoms with E-state index in [1.165, 1.54) is 30.3 Å². The van der Waals surface area contributed by atoms with Crippen LogP contribution < -0.4 is 15.2 Å². The normalized spacial score (nSPS) is 11.0. The molecule has 1 amide bonds. The highest BCUT2D eigenvalue weighted by Gasteiger charge is 2.17. The number of ether oxygens (including phenoxy) is 1. The summed E-state index contributed by atoms with van der Waals surface area (Å²) in [5.41, 5.74) is 0.585. The number of benzene rings is 1. The maximum Gasteiger partial charge on any atom is 0.405 e. The molecule has 0 saturated heterocycles. The molecule has 0 aliphatic heterocycles. The third-order valence-electron chi connectivity index (χ3n) is 3.36. The zero-order valence-electron chi connectivity index (χ0n) is 13.6. The lowest BCUT2D eigenvalue weighted by Crippen LogP contribution is -2.36. The summed E-state index contributed by atoms with van der Waals surface area (Å²) in [7, 11) is -3.74. The van der Waals surface area contributed by atoms with Gasteiger partial charge in [0.05, 0.1) is 4.90 Å². The van der Waals surface area contributed by atoms with E-state index in [0.717, 1.165) is 11.8 Å². The number of sulfonamides is 1. The summed E-state index contributed by atoms with van der Waals surface area (Å²) in [6.07, 6.45) is 1.60. The lowest BCUT2D eigenvalue weighted by atomic mass is 10.1. The SMILES string of the molecule is NS(=O)(=O)c1ccc(CCNC(=O)COC(=O)c2cccc[n+]2[O-])cc1. The van der Waals surface area contributed by atoms with Gasteiger partial charge in [-0.15, -0.1) is 0 Å². The van der Waals surface area contributed by atoms with E-state index < -0.39 is 28.5 Å². The second kappa shape index (κ2) is 8.41. The highest BCUT2D eigenvalue weighted by molar-refractivity contribution is 7.89. The minimum absolute atomic E-state index is 0.00808. The molecule has 0 bridgehead atoms. The molecule has 26 heavy (non-hydrogen) atoms. The molecule has 0 saturated carbocycles. The van der Waals surface area contributed by atoms with Crippen molar-refractivity contribution in [1.29, 1.82) is 0 Å². The molecular weight excluding hydrogens is 362 g/mol. The van der Waals surface area contributed by atoms with E-state index >= 15 is 0 Å². The average molecular weight is 379 g/mol. The first-order chi connectivity index (χ1) is 12.3. The molecule has 138 valence electrons. The predicted molar refractivity (Wildman–Crippen MR) is 90.2 cm³/mol. The van der Waals surface area contributed by atoms with Gasteiger partial charge in [0, 0.05) is 18.7 Å². The van der Waals surface area contributed by atoms with Gasteiger partial charge in [-0.25, -0.2) is 18.4 Å². The molecule has 10 heteroatoms. The number of aromatic nitrogens is 1. The average Bonchev–Trinajstić information content (AvgIpc) is 2.60. The van der Waals surface area contributed by atoms with Gasteiger partial charge in [0.15, 0.2) is 12.8 Å². The van der Waals surface area contributed by atoms with Gasteiger partial charge < -0.3 is 15.3 Å². The smallest absolute Gasteiger partial charge is 0.405 e. The summed E-state index contributed by atoms with van der Waals surface area (Å²) in [6, 6.07) is 10.2. The van der Waals surface area contributed by atoms with Crippen LogP contribution in [0.2, 0.25) is 0 Å². The summed E-state index contributed by atoms with van der Waals surface area (Å²) >= 11 is 0. The first-order valence-corrected chi connectivity index (χ1v) is 9.06. The third kappa shape index (κ3) is 5.53. The fraction of sp³-hybridized carbons (Fsp3) is 0.188. The lowest BCUT2D eigenvalue weighted by molar-refractivity contribution is -0.608. The number of pyridine rings is 1. The Bertz CT molecular complexity index is 896. The van der Waals surface area contributed by atoms with Gasteiger partial charge in [-0.1, -0.05) is 12.1 Å². The maximum atomic E-state index is 11.7. The van der Waals surface area contributed by atoms with E-state index in [-0.39, 0.29) is 17.1 Å². The first-order valence-electron chi connectivity index (χ1n) is 7.51. The Morgan fingerprint density at radius 3 is 2.46 bits per heavy atom. The van der Waals surface area contributed by atoms with Crippen molar-refractivity contribution >= 4 is 21.9 Å². The number of carbonyl (C=O) groups is 2. The number of carbonyl (C=O) groups excluding carboxylic acids is 2. The Hall–Kier alpha value is -2.98. The third-order valence-corrected chi connectivity index (χ3v) is 4.28. The Morgan fingerprint density at radius 1 is 1.15 bits per heavy atom. The topological polar surface area (TPSA) is 142 Å². The van der Waals surface area contributed by atoms with E-state index in [9.17, 15) is 23.2 Å². The van der Waals surface area contributed by atoms with Gasteiger partial charge >= 0.3 is 11.7 Å². The monoisotopic (exact) mass is 379 g/mol. The summed E-state index contributed by atoms with van der Waals surface area (Å²) in [4.78, 5) is 23.4. The fourth-order valence-corrected chi connectivity index (χ4v) is 2.55. The summed E-state index contributed by atoms with van der Waals surface area (Å²) in [6.45, 7) is -0.254. The van der Waals surface area contributed by atoms with Gasteiger partial charge in [0.1, 0.15) is 0 Å². The molecule has 0 unspecified atom stereocenters. The van der Waals surface area contributed by atoms with Crippen LogP contribution in [0.3, 0.4) is 0 Å². The Morgan fingerprint density at radius 2 is 1.85 bits per heavy atom.